The van der Waals surface area contributed by atoms with Gasteiger partial charge in [0.05, 0.1) is 11.6 Å². The molecular formula is C30H29FN4O4. The first kappa shape index (κ1) is 24.3. The van der Waals surface area contributed by atoms with E-state index in [1.165, 1.54) is 6.07 Å². The average Bonchev–Trinajstić information content (AvgIpc) is 3.20. The standard InChI is InChI=1S/C30H29FN4O4/c31-24-9-17(13-32)5-7-22(24)20-14-34(15-20)25-3-1-2-4-26(25)39-21-6-8-23-18(10-21)16-35(28(23)37)30-11-19(12-30)27(36)33-29(30)38/h5-10,19-20,25-26H,1-4,11-12,14-16H2,(H,33,36,38)/t19?,25-,26-,30?/m0/s1. The number of carbonyl (C=O) groups is 3. The zero-order chi connectivity index (χ0) is 26.9. The van der Waals surface area contributed by atoms with Crippen molar-refractivity contribution in [2.45, 2.75) is 68.7 Å². The molecule has 2 aromatic rings. The minimum Gasteiger partial charge on any atom is -0.489 e. The molecule has 39 heavy (non-hydrogen) atoms. The lowest BCUT2D eigenvalue weighted by Crippen LogP contribution is -2.73. The van der Waals surface area contributed by atoms with Gasteiger partial charge in [-0.1, -0.05) is 12.5 Å². The highest BCUT2D eigenvalue weighted by atomic mass is 19.1. The predicted molar refractivity (Wildman–Crippen MR) is 137 cm³/mol. The second-order valence-electron chi connectivity index (χ2n) is 11.7. The van der Waals surface area contributed by atoms with Gasteiger partial charge in [0.25, 0.3) is 11.8 Å². The number of nitrogens with zero attached hydrogens (tertiary/aromatic N) is 3. The van der Waals surface area contributed by atoms with E-state index in [9.17, 15) is 18.8 Å². The smallest absolute Gasteiger partial charge is 0.255 e. The summed E-state index contributed by atoms with van der Waals surface area (Å²) in [6.45, 7) is 1.85. The van der Waals surface area contributed by atoms with Crippen LogP contribution in [-0.2, 0) is 16.1 Å². The summed E-state index contributed by atoms with van der Waals surface area (Å²) < 4.78 is 21.1. The second kappa shape index (κ2) is 8.88. The van der Waals surface area contributed by atoms with Gasteiger partial charge >= 0.3 is 0 Å². The highest BCUT2D eigenvalue weighted by molar-refractivity contribution is 6.10. The molecule has 5 fully saturated rings. The molecule has 200 valence electrons. The molecule has 4 aliphatic heterocycles. The minimum atomic E-state index is -0.924. The van der Waals surface area contributed by atoms with Crippen LogP contribution in [0.4, 0.5) is 4.39 Å². The van der Waals surface area contributed by atoms with Crippen molar-refractivity contribution in [3.05, 3.63) is 64.5 Å². The molecule has 8 nitrogen and oxygen atoms in total. The lowest BCUT2D eigenvalue weighted by atomic mass is 9.63. The summed E-state index contributed by atoms with van der Waals surface area (Å²) in [5.41, 5.74) is 1.50. The molecule has 0 unspecified atom stereocenters. The monoisotopic (exact) mass is 528 g/mol. The Morgan fingerprint density at radius 1 is 1.03 bits per heavy atom. The van der Waals surface area contributed by atoms with Crippen LogP contribution in [0.1, 0.15) is 71.5 Å². The molecule has 8 rings (SSSR count). The third kappa shape index (κ3) is 3.76. The molecule has 2 aliphatic carbocycles. The number of piperidine rings is 2. The fourth-order valence-electron chi connectivity index (χ4n) is 7.23. The fraction of sp³-hybridized carbons (Fsp3) is 0.467. The number of benzene rings is 2. The fourth-order valence-corrected chi connectivity index (χ4v) is 7.23. The molecule has 2 atom stereocenters. The maximum atomic E-state index is 14.5. The Balaban J connectivity index is 1.03. The van der Waals surface area contributed by atoms with Crippen molar-refractivity contribution in [1.82, 2.24) is 15.1 Å². The van der Waals surface area contributed by atoms with E-state index in [0.29, 0.717) is 41.8 Å². The van der Waals surface area contributed by atoms with Crippen molar-refractivity contribution < 1.29 is 23.5 Å². The first-order valence-electron chi connectivity index (χ1n) is 13.8. The number of halogens is 1. The predicted octanol–water partition coefficient (Wildman–Crippen LogP) is 3.25. The van der Waals surface area contributed by atoms with Gasteiger partial charge in [0.15, 0.2) is 0 Å². The SMILES string of the molecule is N#Cc1ccc(C2CN([C@H]3CCCC[C@@H]3Oc3ccc4c(c3)CN(C35CC(C3)C(=O)NC5=O)C4=O)C2)c(F)c1. The van der Waals surface area contributed by atoms with E-state index in [-0.39, 0.29) is 47.5 Å². The van der Waals surface area contributed by atoms with Gasteiger partial charge in [0, 0.05) is 43.1 Å². The Morgan fingerprint density at radius 3 is 2.56 bits per heavy atom. The molecule has 2 saturated carbocycles. The molecule has 0 spiro atoms. The van der Waals surface area contributed by atoms with Crippen LogP contribution in [0.15, 0.2) is 36.4 Å². The van der Waals surface area contributed by atoms with Crippen LogP contribution in [0.25, 0.3) is 0 Å². The molecule has 9 heteroatoms. The summed E-state index contributed by atoms with van der Waals surface area (Å²) >= 11 is 0. The molecule has 4 heterocycles. The quantitative estimate of drug-likeness (QED) is 0.598. The molecule has 2 bridgehead atoms. The van der Waals surface area contributed by atoms with Crippen molar-refractivity contribution in [1.29, 1.82) is 5.26 Å². The molecule has 1 N–H and O–H groups in total. The van der Waals surface area contributed by atoms with E-state index in [0.717, 1.165) is 44.3 Å². The molecule has 6 aliphatic rings. The summed E-state index contributed by atoms with van der Waals surface area (Å²) in [5.74, 6) is -0.470. The lowest BCUT2D eigenvalue weighted by molar-refractivity contribution is -0.160. The Labute approximate surface area is 225 Å². The lowest BCUT2D eigenvalue weighted by Gasteiger charge is -2.53. The van der Waals surface area contributed by atoms with Gasteiger partial charge in [-0.3, -0.25) is 24.6 Å². The van der Waals surface area contributed by atoms with Gasteiger partial charge in [-0.2, -0.15) is 5.26 Å². The maximum absolute atomic E-state index is 14.5. The topological polar surface area (TPSA) is 103 Å². The number of rotatable bonds is 5. The van der Waals surface area contributed by atoms with Crippen molar-refractivity contribution in [3.63, 3.8) is 0 Å². The number of nitriles is 1. The average molecular weight is 529 g/mol. The minimum absolute atomic E-state index is 0.00196. The molecule has 2 aromatic carbocycles. The molecule has 3 saturated heterocycles. The van der Waals surface area contributed by atoms with Gasteiger partial charge in [0.1, 0.15) is 23.2 Å². The zero-order valence-corrected chi connectivity index (χ0v) is 21.5. The van der Waals surface area contributed by atoms with E-state index in [1.807, 2.05) is 18.2 Å². The first-order chi connectivity index (χ1) is 18.9. The van der Waals surface area contributed by atoms with E-state index in [2.05, 4.69) is 10.2 Å². The number of imide groups is 1. The van der Waals surface area contributed by atoms with Crippen molar-refractivity contribution >= 4 is 17.7 Å². The van der Waals surface area contributed by atoms with Gasteiger partial charge in [0.2, 0.25) is 5.91 Å². The van der Waals surface area contributed by atoms with E-state index in [4.69, 9.17) is 10.00 Å². The summed E-state index contributed by atoms with van der Waals surface area (Å²) in [6.07, 6.45) is 4.94. The Hall–Kier alpha value is -3.77. The highest BCUT2D eigenvalue weighted by Gasteiger charge is 2.63. The van der Waals surface area contributed by atoms with E-state index >= 15 is 0 Å². The van der Waals surface area contributed by atoms with Crippen LogP contribution in [0.3, 0.4) is 0 Å². The number of amides is 3. The number of fused-ring (bicyclic) bond motifs is 3. The number of carbonyl (C=O) groups excluding carboxylic acids is 3. The molecular weight excluding hydrogens is 499 g/mol. The number of ether oxygens (including phenoxy) is 1. The Bertz CT molecular complexity index is 1440. The third-order valence-corrected chi connectivity index (χ3v) is 9.50. The molecule has 0 radical (unpaired) electrons. The number of nitrogens with one attached hydrogen (secondary N) is 1. The van der Waals surface area contributed by atoms with Crippen LogP contribution in [0.5, 0.6) is 5.75 Å². The summed E-state index contributed by atoms with van der Waals surface area (Å²) in [5, 5.41) is 11.4. The van der Waals surface area contributed by atoms with Gasteiger partial charge in [-0.15, -0.1) is 0 Å². The number of hydrogen-bond acceptors (Lipinski definition) is 6. The van der Waals surface area contributed by atoms with Crippen LogP contribution in [-0.4, -0.2) is 58.3 Å². The largest absolute Gasteiger partial charge is 0.489 e. The van der Waals surface area contributed by atoms with Crippen LogP contribution in [0.2, 0.25) is 0 Å². The number of hydrogen-bond donors (Lipinski definition) is 1. The van der Waals surface area contributed by atoms with Gasteiger partial charge in [-0.25, -0.2) is 4.39 Å². The van der Waals surface area contributed by atoms with Crippen LogP contribution >= 0.6 is 0 Å². The first-order valence-corrected chi connectivity index (χ1v) is 13.8. The summed E-state index contributed by atoms with van der Waals surface area (Å²) in [4.78, 5) is 41.8. The second-order valence-corrected chi connectivity index (χ2v) is 11.7. The molecule has 0 aromatic heterocycles. The Kier molecular flexibility index (Phi) is 5.53. The van der Waals surface area contributed by atoms with Crippen molar-refractivity contribution in [3.8, 4) is 11.8 Å². The normalized spacial score (nSPS) is 30.2. The third-order valence-electron chi connectivity index (χ3n) is 9.50. The van der Waals surface area contributed by atoms with Crippen LogP contribution < -0.4 is 10.1 Å². The number of likely N-dealkylation sites (tertiary alicyclic amines) is 1. The van der Waals surface area contributed by atoms with E-state index in [1.54, 1.807) is 23.1 Å². The summed E-state index contributed by atoms with van der Waals surface area (Å²) in [7, 11) is 0. The van der Waals surface area contributed by atoms with Gasteiger partial charge in [-0.05, 0) is 73.6 Å². The van der Waals surface area contributed by atoms with Gasteiger partial charge < -0.3 is 9.64 Å². The molecule has 3 amide bonds. The Morgan fingerprint density at radius 2 is 1.82 bits per heavy atom. The zero-order valence-electron chi connectivity index (χ0n) is 21.5. The summed E-state index contributed by atoms with van der Waals surface area (Å²) in [6, 6.07) is 12.5. The highest BCUT2D eigenvalue weighted by Crippen LogP contribution is 2.49. The van der Waals surface area contributed by atoms with Crippen molar-refractivity contribution in [2.24, 2.45) is 5.92 Å². The van der Waals surface area contributed by atoms with E-state index < -0.39 is 5.54 Å². The maximum Gasteiger partial charge on any atom is 0.255 e. The van der Waals surface area contributed by atoms with Crippen LogP contribution in [0, 0.1) is 23.1 Å². The van der Waals surface area contributed by atoms with Crippen molar-refractivity contribution in [2.75, 3.05) is 13.1 Å².